The van der Waals surface area contributed by atoms with E-state index in [9.17, 15) is 0 Å². The van der Waals surface area contributed by atoms with Crippen LogP contribution in [-0.4, -0.2) is 0 Å². The Labute approximate surface area is 144 Å². The molecular formula is C23H34. The lowest BCUT2D eigenvalue weighted by molar-refractivity contribution is 0.496. The largest absolute Gasteiger partial charge is 0.0683 e. The third-order valence-corrected chi connectivity index (χ3v) is 4.45. The van der Waals surface area contributed by atoms with Gasteiger partial charge >= 0.3 is 0 Å². The Morgan fingerprint density at radius 3 is 1.87 bits per heavy atom. The second-order valence-corrected chi connectivity index (χ2v) is 6.65. The van der Waals surface area contributed by atoms with Crippen LogP contribution in [0.1, 0.15) is 76.5 Å². The maximum absolute atomic E-state index is 2.33. The third-order valence-electron chi connectivity index (χ3n) is 4.45. The number of rotatable bonds is 2. The van der Waals surface area contributed by atoms with Gasteiger partial charge in [0.05, 0.1) is 0 Å². The van der Waals surface area contributed by atoms with E-state index in [1.807, 2.05) is 19.9 Å². The quantitative estimate of drug-likeness (QED) is 0.549. The van der Waals surface area contributed by atoms with E-state index in [0.717, 1.165) is 11.8 Å². The molecule has 0 fully saturated rings. The van der Waals surface area contributed by atoms with Crippen molar-refractivity contribution in [2.24, 2.45) is 5.92 Å². The first kappa shape index (κ1) is 19.5. The fraction of sp³-hybridized carbons (Fsp3) is 0.478. The van der Waals surface area contributed by atoms with E-state index in [1.54, 1.807) is 11.1 Å². The van der Waals surface area contributed by atoms with Crippen molar-refractivity contribution in [2.45, 2.75) is 66.2 Å². The summed E-state index contributed by atoms with van der Waals surface area (Å²) < 4.78 is 0. The lowest BCUT2D eigenvalue weighted by atomic mass is 9.90. The minimum absolute atomic E-state index is 0.659. The molecule has 1 unspecified atom stereocenters. The number of aryl methyl sites for hydroxylation is 1. The van der Waals surface area contributed by atoms with E-state index < -0.39 is 0 Å². The number of hydrogen-bond donors (Lipinski definition) is 0. The highest BCUT2D eigenvalue weighted by Crippen LogP contribution is 2.37. The molecule has 0 nitrogen and oxygen atoms in total. The van der Waals surface area contributed by atoms with Crippen molar-refractivity contribution in [1.29, 1.82) is 0 Å². The second kappa shape index (κ2) is 10.3. The lowest BCUT2D eigenvalue weighted by Crippen LogP contribution is -2.01. The van der Waals surface area contributed by atoms with Crippen molar-refractivity contribution in [3.05, 3.63) is 71.3 Å². The van der Waals surface area contributed by atoms with Gasteiger partial charge in [0.2, 0.25) is 0 Å². The summed E-state index contributed by atoms with van der Waals surface area (Å²) in [4.78, 5) is 0. The molecule has 0 N–H and O–H groups in total. The molecule has 126 valence electrons. The van der Waals surface area contributed by atoms with Crippen LogP contribution in [0.3, 0.4) is 0 Å². The Kier molecular flexibility index (Phi) is 8.69. The summed E-state index contributed by atoms with van der Waals surface area (Å²) in [5.41, 5.74) is 4.60. The maximum atomic E-state index is 2.33. The van der Waals surface area contributed by atoms with E-state index >= 15 is 0 Å². The summed E-state index contributed by atoms with van der Waals surface area (Å²) in [6.07, 6.45) is 2.65. The first-order valence-corrected chi connectivity index (χ1v) is 9.22. The molecule has 3 rings (SSSR count). The highest BCUT2D eigenvalue weighted by atomic mass is 14.3. The average molecular weight is 311 g/mol. The lowest BCUT2D eigenvalue weighted by Gasteiger charge is -2.14. The zero-order chi connectivity index (χ0) is 17.2. The number of hydrogen-bond acceptors (Lipinski definition) is 0. The smallest absolute Gasteiger partial charge is 0.0133 e. The molecule has 0 bridgehead atoms. The summed E-state index contributed by atoms with van der Waals surface area (Å²) in [6.45, 7) is 13.1. The van der Waals surface area contributed by atoms with Crippen molar-refractivity contribution in [2.75, 3.05) is 0 Å². The van der Waals surface area contributed by atoms with Gasteiger partial charge in [-0.25, -0.2) is 0 Å². The molecule has 0 amide bonds. The van der Waals surface area contributed by atoms with Crippen LogP contribution in [-0.2, 0) is 6.42 Å². The first-order valence-electron chi connectivity index (χ1n) is 9.22. The minimum Gasteiger partial charge on any atom is -0.0683 e. The third kappa shape index (κ3) is 5.86. The van der Waals surface area contributed by atoms with Gasteiger partial charge in [-0.3, -0.25) is 0 Å². The molecule has 23 heavy (non-hydrogen) atoms. The summed E-state index contributed by atoms with van der Waals surface area (Å²) >= 11 is 0. The van der Waals surface area contributed by atoms with E-state index in [0.29, 0.717) is 5.92 Å². The van der Waals surface area contributed by atoms with Crippen LogP contribution in [0.2, 0.25) is 0 Å². The maximum Gasteiger partial charge on any atom is -0.0133 e. The zero-order valence-electron chi connectivity index (χ0n) is 15.8. The first-order chi connectivity index (χ1) is 11.1. The molecule has 0 aliphatic heterocycles. The van der Waals surface area contributed by atoms with Crippen LogP contribution in [0.15, 0.2) is 54.6 Å². The van der Waals surface area contributed by atoms with Crippen molar-refractivity contribution in [3.63, 3.8) is 0 Å². The molecule has 2 aromatic rings. The number of fused-ring (bicyclic) bond motifs is 1. The highest BCUT2D eigenvalue weighted by molar-refractivity contribution is 5.35. The van der Waals surface area contributed by atoms with Crippen LogP contribution in [0.4, 0.5) is 0 Å². The van der Waals surface area contributed by atoms with E-state index in [-0.39, 0.29) is 0 Å². The van der Waals surface area contributed by atoms with Gasteiger partial charge < -0.3 is 0 Å². The normalized spacial score (nSPS) is 15.4. The van der Waals surface area contributed by atoms with Gasteiger partial charge in [0, 0.05) is 0 Å². The molecule has 1 atom stereocenters. The number of benzene rings is 2. The Balaban J connectivity index is 0.000000215. The van der Waals surface area contributed by atoms with Gasteiger partial charge in [-0.1, -0.05) is 96.1 Å². The van der Waals surface area contributed by atoms with Crippen molar-refractivity contribution in [1.82, 2.24) is 0 Å². The second-order valence-electron chi connectivity index (χ2n) is 6.65. The van der Waals surface area contributed by atoms with E-state index in [4.69, 9.17) is 0 Å². The molecule has 0 heteroatoms. The molecule has 1 aliphatic carbocycles. The fourth-order valence-electron chi connectivity index (χ4n) is 3.12. The van der Waals surface area contributed by atoms with Crippen LogP contribution < -0.4 is 0 Å². The van der Waals surface area contributed by atoms with Gasteiger partial charge in [-0.15, -0.1) is 0 Å². The standard InChI is InChI=1S/C12H16.C9H12.C2H6/c1-9(2)11-8-7-10-5-3-4-6-12(10)11;1-8(2)9-6-4-3-5-7-9;1-2/h3-6,9,11H,7-8H2,1-2H3;3-8H,1-2H3;1-2H3. The molecule has 0 heterocycles. The van der Waals surface area contributed by atoms with Crippen molar-refractivity contribution >= 4 is 0 Å². The molecule has 0 spiro atoms. The van der Waals surface area contributed by atoms with Gasteiger partial charge in [0.25, 0.3) is 0 Å². The van der Waals surface area contributed by atoms with Crippen molar-refractivity contribution < 1.29 is 0 Å². The van der Waals surface area contributed by atoms with Gasteiger partial charge in [-0.05, 0) is 47.3 Å². The van der Waals surface area contributed by atoms with E-state index in [2.05, 4.69) is 76.2 Å². The Hall–Kier alpha value is -1.56. The van der Waals surface area contributed by atoms with Gasteiger partial charge in [0.1, 0.15) is 0 Å². The predicted octanol–water partition coefficient (Wildman–Crippen LogP) is 7.21. The molecule has 0 saturated heterocycles. The SMILES string of the molecule is CC.CC(C)C1CCc2ccccc21.CC(C)c1ccccc1. The van der Waals surface area contributed by atoms with E-state index in [1.165, 1.54) is 18.4 Å². The van der Waals surface area contributed by atoms with Crippen LogP contribution in [0.5, 0.6) is 0 Å². The summed E-state index contributed by atoms with van der Waals surface area (Å²) in [5.74, 6) is 2.28. The molecule has 0 saturated carbocycles. The molecular weight excluding hydrogens is 276 g/mol. The summed E-state index contributed by atoms with van der Waals surface area (Å²) in [6, 6.07) is 19.4. The summed E-state index contributed by atoms with van der Waals surface area (Å²) in [5, 5.41) is 0. The Bertz CT molecular complexity index is 537. The van der Waals surface area contributed by atoms with Gasteiger partial charge in [0.15, 0.2) is 0 Å². The Morgan fingerprint density at radius 1 is 0.783 bits per heavy atom. The highest BCUT2D eigenvalue weighted by Gasteiger charge is 2.23. The van der Waals surface area contributed by atoms with Crippen LogP contribution in [0, 0.1) is 5.92 Å². The topological polar surface area (TPSA) is 0 Å². The van der Waals surface area contributed by atoms with Crippen LogP contribution in [0.25, 0.3) is 0 Å². The average Bonchev–Trinajstić information content (AvgIpc) is 3.02. The predicted molar refractivity (Wildman–Crippen MR) is 104 cm³/mol. The van der Waals surface area contributed by atoms with Crippen molar-refractivity contribution in [3.8, 4) is 0 Å². The summed E-state index contributed by atoms with van der Waals surface area (Å²) in [7, 11) is 0. The molecule has 0 radical (unpaired) electrons. The zero-order valence-corrected chi connectivity index (χ0v) is 15.8. The monoisotopic (exact) mass is 310 g/mol. The van der Waals surface area contributed by atoms with Gasteiger partial charge in [-0.2, -0.15) is 0 Å². The fourth-order valence-corrected chi connectivity index (χ4v) is 3.12. The minimum atomic E-state index is 0.659. The molecule has 0 aromatic heterocycles. The molecule has 1 aliphatic rings. The molecule has 2 aromatic carbocycles. The van der Waals surface area contributed by atoms with Crippen LogP contribution >= 0.6 is 0 Å². The Morgan fingerprint density at radius 2 is 1.35 bits per heavy atom.